The van der Waals surface area contributed by atoms with Crippen LogP contribution in [0.5, 0.6) is 0 Å². The summed E-state index contributed by atoms with van der Waals surface area (Å²) in [6.07, 6.45) is 1.19. The predicted octanol–water partition coefficient (Wildman–Crippen LogP) is 0.943. The number of aromatic nitrogens is 2. The maximum atomic E-state index is 10.5. The zero-order chi connectivity index (χ0) is 14.8. The summed E-state index contributed by atoms with van der Waals surface area (Å²) in [4.78, 5) is 1.81. The lowest BCUT2D eigenvalue weighted by Crippen LogP contribution is -2.46. The van der Waals surface area contributed by atoms with E-state index in [1.165, 1.54) is 0 Å². The van der Waals surface area contributed by atoms with Gasteiger partial charge in [-0.15, -0.1) is 5.10 Å². The van der Waals surface area contributed by atoms with Crippen LogP contribution in [0.2, 0.25) is 0 Å². The van der Waals surface area contributed by atoms with Crippen molar-refractivity contribution in [3.8, 4) is 6.07 Å². The van der Waals surface area contributed by atoms with E-state index in [4.69, 9.17) is 4.74 Å². The molecule has 6 nitrogen and oxygen atoms in total. The number of rotatable bonds is 3. The van der Waals surface area contributed by atoms with E-state index < -0.39 is 5.60 Å². The summed E-state index contributed by atoms with van der Waals surface area (Å²) in [6.45, 7) is 5.24. The molecule has 0 aliphatic carbocycles. The monoisotopic (exact) mass is 276 g/mol. The minimum atomic E-state index is -0.791. The molecule has 0 spiro atoms. The van der Waals surface area contributed by atoms with E-state index in [0.717, 1.165) is 11.3 Å². The summed E-state index contributed by atoms with van der Waals surface area (Å²) in [6, 6.07) is 2.18. The second kappa shape index (κ2) is 5.73. The molecule has 0 aromatic carbocycles. The lowest BCUT2D eigenvalue weighted by molar-refractivity contribution is -0.0573. The summed E-state index contributed by atoms with van der Waals surface area (Å²) in [5.74, 6) is 0.524. The van der Waals surface area contributed by atoms with E-state index in [1.807, 2.05) is 25.8 Å². The first-order chi connectivity index (χ1) is 9.47. The Morgan fingerprint density at radius 1 is 1.35 bits per heavy atom. The Bertz CT molecular complexity index is 533. The summed E-state index contributed by atoms with van der Waals surface area (Å²) in [7, 11) is 1.83. The molecule has 1 fully saturated rings. The summed E-state index contributed by atoms with van der Waals surface area (Å²) >= 11 is 0. The van der Waals surface area contributed by atoms with Crippen LogP contribution in [0.15, 0.2) is 0 Å². The third-order valence-electron chi connectivity index (χ3n) is 3.86. The third-order valence-corrected chi connectivity index (χ3v) is 3.86. The van der Waals surface area contributed by atoms with Gasteiger partial charge in [0.15, 0.2) is 5.82 Å². The van der Waals surface area contributed by atoms with Crippen LogP contribution in [-0.2, 0) is 4.74 Å². The highest BCUT2D eigenvalue weighted by atomic mass is 16.5. The third kappa shape index (κ3) is 2.89. The first-order valence-corrected chi connectivity index (χ1v) is 6.72. The number of nitrogens with zero attached hydrogens (tertiary/aromatic N) is 4. The van der Waals surface area contributed by atoms with Gasteiger partial charge in [0.2, 0.25) is 0 Å². The number of hydrogen-bond donors (Lipinski definition) is 1. The Hall–Kier alpha value is -1.71. The molecule has 108 valence electrons. The Morgan fingerprint density at radius 3 is 2.60 bits per heavy atom. The van der Waals surface area contributed by atoms with Crippen molar-refractivity contribution in [1.29, 1.82) is 5.26 Å². The van der Waals surface area contributed by atoms with Crippen LogP contribution >= 0.6 is 0 Å². The molecule has 1 saturated heterocycles. The first kappa shape index (κ1) is 14.7. The van der Waals surface area contributed by atoms with E-state index in [1.54, 1.807) is 0 Å². The van der Waals surface area contributed by atoms with Crippen molar-refractivity contribution in [3.05, 3.63) is 16.8 Å². The highest BCUT2D eigenvalue weighted by Crippen LogP contribution is 2.26. The average molecular weight is 276 g/mol. The Balaban J connectivity index is 2.23. The molecule has 0 atom stereocenters. The largest absolute Gasteiger partial charge is 0.388 e. The molecule has 1 aromatic heterocycles. The lowest BCUT2D eigenvalue weighted by Gasteiger charge is -2.35. The van der Waals surface area contributed by atoms with E-state index in [2.05, 4.69) is 16.3 Å². The zero-order valence-electron chi connectivity index (χ0n) is 12.2. The summed E-state index contributed by atoms with van der Waals surface area (Å²) in [5, 5.41) is 28.0. The second-order valence-corrected chi connectivity index (χ2v) is 5.41. The van der Waals surface area contributed by atoms with Gasteiger partial charge in [-0.1, -0.05) is 0 Å². The molecule has 1 N–H and O–H groups in total. The van der Waals surface area contributed by atoms with Crippen molar-refractivity contribution in [1.82, 2.24) is 10.2 Å². The van der Waals surface area contributed by atoms with Crippen molar-refractivity contribution in [2.75, 3.05) is 31.7 Å². The Kier molecular flexibility index (Phi) is 4.21. The van der Waals surface area contributed by atoms with Crippen LogP contribution in [0.25, 0.3) is 0 Å². The van der Waals surface area contributed by atoms with Crippen molar-refractivity contribution >= 4 is 5.82 Å². The molecular weight excluding hydrogens is 256 g/mol. The number of anilines is 1. The van der Waals surface area contributed by atoms with Crippen molar-refractivity contribution in [2.45, 2.75) is 32.3 Å². The number of ether oxygens (including phenoxy) is 1. The molecule has 0 amide bonds. The smallest absolute Gasteiger partial charge is 0.169 e. The Labute approximate surface area is 119 Å². The molecule has 1 aliphatic heterocycles. The standard InChI is InChI=1S/C14H20N4O2/c1-10-11(2)16-17-13(12(10)8-15)18(3)9-14(19)4-6-20-7-5-14/h19H,4-7,9H2,1-3H3. The molecule has 1 aromatic rings. The van der Waals surface area contributed by atoms with Crippen LogP contribution in [0, 0.1) is 25.2 Å². The topological polar surface area (TPSA) is 82.3 Å². The normalized spacial score (nSPS) is 17.6. The molecule has 0 bridgehead atoms. The fourth-order valence-electron chi connectivity index (χ4n) is 2.42. The fraction of sp³-hybridized carbons (Fsp3) is 0.643. The van der Waals surface area contributed by atoms with Crippen LogP contribution in [-0.4, -0.2) is 47.7 Å². The fourth-order valence-corrected chi connectivity index (χ4v) is 2.42. The summed E-state index contributed by atoms with van der Waals surface area (Å²) < 4.78 is 5.27. The van der Waals surface area contributed by atoms with Crippen LogP contribution < -0.4 is 4.90 Å². The van der Waals surface area contributed by atoms with Gasteiger partial charge in [-0.05, 0) is 19.4 Å². The van der Waals surface area contributed by atoms with Crippen molar-refractivity contribution in [3.63, 3.8) is 0 Å². The summed E-state index contributed by atoms with van der Waals surface area (Å²) in [5.41, 5.74) is 1.32. The van der Waals surface area contributed by atoms with Gasteiger partial charge in [0, 0.05) is 39.6 Å². The molecular formula is C14H20N4O2. The zero-order valence-corrected chi connectivity index (χ0v) is 12.2. The molecule has 0 radical (unpaired) electrons. The lowest BCUT2D eigenvalue weighted by atomic mass is 9.94. The molecule has 0 unspecified atom stereocenters. The maximum absolute atomic E-state index is 10.5. The minimum Gasteiger partial charge on any atom is -0.388 e. The average Bonchev–Trinajstić information content (AvgIpc) is 2.41. The van der Waals surface area contributed by atoms with Gasteiger partial charge in [0.1, 0.15) is 11.6 Å². The molecule has 6 heteroatoms. The van der Waals surface area contributed by atoms with E-state index in [9.17, 15) is 10.4 Å². The molecule has 0 saturated carbocycles. The number of aryl methyl sites for hydroxylation is 1. The Morgan fingerprint density at radius 2 is 2.00 bits per heavy atom. The number of likely N-dealkylation sites (N-methyl/N-ethyl adjacent to an activating group) is 1. The molecule has 2 rings (SSSR count). The highest BCUT2D eigenvalue weighted by Gasteiger charge is 2.32. The SMILES string of the molecule is Cc1nnc(N(C)CC2(O)CCOCC2)c(C#N)c1C. The van der Waals surface area contributed by atoms with Crippen molar-refractivity contribution in [2.24, 2.45) is 0 Å². The minimum absolute atomic E-state index is 0.419. The second-order valence-electron chi connectivity index (χ2n) is 5.41. The van der Waals surface area contributed by atoms with Crippen LogP contribution in [0.3, 0.4) is 0 Å². The molecule has 2 heterocycles. The van der Waals surface area contributed by atoms with Gasteiger partial charge >= 0.3 is 0 Å². The molecule has 1 aliphatic rings. The quantitative estimate of drug-likeness (QED) is 0.885. The van der Waals surface area contributed by atoms with Crippen LogP contribution in [0.1, 0.15) is 29.7 Å². The predicted molar refractivity (Wildman–Crippen MR) is 74.5 cm³/mol. The highest BCUT2D eigenvalue weighted by molar-refractivity contribution is 5.57. The first-order valence-electron chi connectivity index (χ1n) is 6.72. The molecule has 20 heavy (non-hydrogen) atoms. The van der Waals surface area contributed by atoms with Gasteiger partial charge in [0.25, 0.3) is 0 Å². The van der Waals surface area contributed by atoms with Crippen LogP contribution in [0.4, 0.5) is 5.82 Å². The van der Waals surface area contributed by atoms with E-state index in [-0.39, 0.29) is 0 Å². The van der Waals surface area contributed by atoms with Gasteiger partial charge in [-0.3, -0.25) is 0 Å². The maximum Gasteiger partial charge on any atom is 0.169 e. The number of nitriles is 1. The van der Waals surface area contributed by atoms with Gasteiger partial charge < -0.3 is 14.7 Å². The van der Waals surface area contributed by atoms with Gasteiger partial charge in [0.05, 0.1) is 11.3 Å². The number of hydrogen-bond acceptors (Lipinski definition) is 6. The van der Waals surface area contributed by atoms with E-state index >= 15 is 0 Å². The number of aliphatic hydroxyl groups is 1. The van der Waals surface area contributed by atoms with Crippen molar-refractivity contribution < 1.29 is 9.84 Å². The van der Waals surface area contributed by atoms with Gasteiger partial charge in [-0.2, -0.15) is 10.4 Å². The van der Waals surface area contributed by atoms with Gasteiger partial charge in [-0.25, -0.2) is 0 Å². The van der Waals surface area contributed by atoms with E-state index in [0.29, 0.717) is 44.0 Å².